The first-order chi connectivity index (χ1) is 9.51. The van der Waals surface area contributed by atoms with Crippen molar-refractivity contribution in [2.24, 2.45) is 0 Å². The van der Waals surface area contributed by atoms with E-state index in [-0.39, 0.29) is 5.56 Å². The molecule has 0 unspecified atom stereocenters. The Kier molecular flexibility index (Phi) is 4.53. The number of hydrogen-bond acceptors (Lipinski definition) is 2. The van der Waals surface area contributed by atoms with Crippen molar-refractivity contribution in [3.63, 3.8) is 0 Å². The first kappa shape index (κ1) is 14.7. The number of benzene rings is 2. The van der Waals surface area contributed by atoms with E-state index in [9.17, 15) is 4.79 Å². The van der Waals surface area contributed by atoms with Crippen LogP contribution in [-0.4, -0.2) is 11.1 Å². The molecule has 3 nitrogen and oxygen atoms in total. The molecular weight excluding hydrogens is 299 g/mol. The lowest BCUT2D eigenvalue weighted by Gasteiger charge is -2.11. The van der Waals surface area contributed by atoms with Gasteiger partial charge in [-0.3, -0.25) is 0 Å². The van der Waals surface area contributed by atoms with Crippen LogP contribution < -0.4 is 4.74 Å². The molecule has 0 amide bonds. The number of aromatic carboxylic acids is 1. The number of rotatable bonds is 4. The molecule has 5 heteroatoms. The molecule has 2 rings (SSSR count). The van der Waals surface area contributed by atoms with Gasteiger partial charge in [0.1, 0.15) is 11.5 Å². The molecule has 1 N–H and O–H groups in total. The molecule has 0 bridgehead atoms. The van der Waals surface area contributed by atoms with Gasteiger partial charge in [0.05, 0.1) is 15.6 Å². The summed E-state index contributed by atoms with van der Waals surface area (Å²) >= 11 is 11.8. The summed E-state index contributed by atoms with van der Waals surface area (Å²) in [5.41, 5.74) is 1.05. The highest BCUT2D eigenvalue weighted by atomic mass is 35.5. The maximum atomic E-state index is 10.9. The van der Waals surface area contributed by atoms with E-state index in [0.29, 0.717) is 28.0 Å². The summed E-state index contributed by atoms with van der Waals surface area (Å²) in [5, 5.41) is 9.84. The van der Waals surface area contributed by atoms with Crippen molar-refractivity contribution in [2.75, 3.05) is 0 Å². The number of aryl methyl sites for hydroxylation is 1. The third-order valence-corrected chi connectivity index (χ3v) is 3.55. The van der Waals surface area contributed by atoms with Crippen molar-refractivity contribution in [1.29, 1.82) is 0 Å². The molecule has 2 aromatic rings. The minimum Gasteiger partial charge on any atom is -0.478 e. The van der Waals surface area contributed by atoms with Gasteiger partial charge in [-0.2, -0.15) is 0 Å². The topological polar surface area (TPSA) is 46.5 Å². The van der Waals surface area contributed by atoms with Crippen LogP contribution in [0.3, 0.4) is 0 Å². The van der Waals surface area contributed by atoms with Crippen LogP contribution in [0.1, 0.15) is 22.8 Å². The molecule has 0 atom stereocenters. The molecule has 0 aromatic heterocycles. The third-order valence-electron chi connectivity index (χ3n) is 2.81. The lowest BCUT2D eigenvalue weighted by Crippen LogP contribution is -1.99. The Hall–Kier alpha value is -1.71. The molecule has 20 heavy (non-hydrogen) atoms. The van der Waals surface area contributed by atoms with Gasteiger partial charge < -0.3 is 9.84 Å². The molecule has 0 spiro atoms. The van der Waals surface area contributed by atoms with Crippen LogP contribution in [0.4, 0.5) is 0 Å². The number of halogens is 2. The average Bonchev–Trinajstić information content (AvgIpc) is 2.43. The lowest BCUT2D eigenvalue weighted by molar-refractivity contribution is 0.0697. The van der Waals surface area contributed by atoms with Crippen LogP contribution in [0.2, 0.25) is 10.0 Å². The highest BCUT2D eigenvalue weighted by molar-refractivity contribution is 6.42. The fourth-order valence-electron chi connectivity index (χ4n) is 1.76. The van der Waals surface area contributed by atoms with Crippen molar-refractivity contribution < 1.29 is 14.6 Å². The van der Waals surface area contributed by atoms with Crippen LogP contribution in [0.15, 0.2) is 36.4 Å². The molecule has 0 saturated carbocycles. The smallest absolute Gasteiger partial charge is 0.335 e. The first-order valence-corrected chi connectivity index (χ1v) is 6.76. The monoisotopic (exact) mass is 310 g/mol. The molecule has 2 aromatic carbocycles. The number of ether oxygens (including phenoxy) is 1. The van der Waals surface area contributed by atoms with Gasteiger partial charge in [-0.05, 0) is 42.3 Å². The van der Waals surface area contributed by atoms with Gasteiger partial charge in [0.25, 0.3) is 0 Å². The second-order valence-electron chi connectivity index (χ2n) is 4.16. The third kappa shape index (κ3) is 3.24. The van der Waals surface area contributed by atoms with E-state index in [2.05, 4.69) is 0 Å². The zero-order valence-corrected chi connectivity index (χ0v) is 12.2. The van der Waals surface area contributed by atoms with Crippen LogP contribution in [0.5, 0.6) is 11.5 Å². The fourth-order valence-corrected chi connectivity index (χ4v) is 2.04. The summed E-state index contributed by atoms with van der Waals surface area (Å²) < 4.78 is 5.73. The van der Waals surface area contributed by atoms with Gasteiger partial charge in [0.2, 0.25) is 0 Å². The fraction of sp³-hybridized carbons (Fsp3) is 0.133. The summed E-state index contributed by atoms with van der Waals surface area (Å²) in [4.78, 5) is 10.9. The highest BCUT2D eigenvalue weighted by Gasteiger charge is 2.10. The predicted octanol–water partition coefficient (Wildman–Crippen LogP) is 5.05. The summed E-state index contributed by atoms with van der Waals surface area (Å²) in [5.74, 6) is 0.203. The first-order valence-electron chi connectivity index (χ1n) is 6.00. The van der Waals surface area contributed by atoms with E-state index < -0.39 is 5.97 Å². The molecule has 0 saturated heterocycles. The molecular formula is C15H12Cl2O3. The minimum atomic E-state index is -0.958. The normalized spacial score (nSPS) is 10.3. The van der Waals surface area contributed by atoms with Crippen molar-refractivity contribution >= 4 is 29.2 Å². The van der Waals surface area contributed by atoms with E-state index >= 15 is 0 Å². The zero-order valence-electron chi connectivity index (χ0n) is 10.7. The van der Waals surface area contributed by atoms with Gasteiger partial charge in [-0.1, -0.05) is 30.1 Å². The Morgan fingerprint density at radius 2 is 1.90 bits per heavy atom. The molecule has 0 heterocycles. The Labute approximate surface area is 126 Å². The lowest BCUT2D eigenvalue weighted by atomic mass is 10.1. The maximum Gasteiger partial charge on any atom is 0.335 e. The second-order valence-corrected chi connectivity index (χ2v) is 4.97. The van der Waals surface area contributed by atoms with Crippen molar-refractivity contribution in [3.8, 4) is 11.5 Å². The van der Waals surface area contributed by atoms with Crippen molar-refractivity contribution in [3.05, 3.63) is 57.6 Å². The van der Waals surface area contributed by atoms with E-state index in [4.69, 9.17) is 33.0 Å². The molecule has 0 aliphatic heterocycles. The zero-order chi connectivity index (χ0) is 14.7. The number of hydrogen-bond donors (Lipinski definition) is 1. The average molecular weight is 311 g/mol. The number of carbonyl (C=O) groups is 1. The van der Waals surface area contributed by atoms with Gasteiger partial charge in [-0.15, -0.1) is 0 Å². The van der Waals surface area contributed by atoms with Gasteiger partial charge in [0.15, 0.2) is 0 Å². The largest absolute Gasteiger partial charge is 0.478 e. The maximum absolute atomic E-state index is 10.9. The number of carboxylic acids is 1. The van der Waals surface area contributed by atoms with Gasteiger partial charge >= 0.3 is 5.97 Å². The van der Waals surface area contributed by atoms with Crippen LogP contribution >= 0.6 is 23.2 Å². The number of carboxylic acid groups (broad SMARTS) is 1. The highest BCUT2D eigenvalue weighted by Crippen LogP contribution is 2.31. The summed E-state index contributed by atoms with van der Waals surface area (Å²) in [6.45, 7) is 1.93. The SMILES string of the molecule is CCc1cc(C(=O)O)ccc1Oc1ccc(Cl)c(Cl)c1. The van der Waals surface area contributed by atoms with Crippen molar-refractivity contribution in [1.82, 2.24) is 0 Å². The molecule has 0 radical (unpaired) electrons. The van der Waals surface area contributed by atoms with E-state index in [0.717, 1.165) is 5.56 Å². The predicted molar refractivity (Wildman–Crippen MR) is 79.3 cm³/mol. The second kappa shape index (κ2) is 6.16. The van der Waals surface area contributed by atoms with Gasteiger partial charge in [0, 0.05) is 6.07 Å². The van der Waals surface area contributed by atoms with Crippen LogP contribution in [0, 0.1) is 0 Å². The molecule has 104 valence electrons. The summed E-state index contributed by atoms with van der Waals surface area (Å²) in [6, 6.07) is 9.73. The Morgan fingerprint density at radius 1 is 1.15 bits per heavy atom. The molecule has 0 aliphatic rings. The molecule has 0 aliphatic carbocycles. The Balaban J connectivity index is 2.32. The standard InChI is InChI=1S/C15H12Cl2O3/c1-2-9-7-10(15(18)19)3-6-14(9)20-11-4-5-12(16)13(17)8-11/h3-8H,2H2,1H3,(H,18,19). The van der Waals surface area contributed by atoms with Crippen LogP contribution in [-0.2, 0) is 6.42 Å². The minimum absolute atomic E-state index is 0.239. The Bertz CT molecular complexity index is 654. The summed E-state index contributed by atoms with van der Waals surface area (Å²) in [7, 11) is 0. The quantitative estimate of drug-likeness (QED) is 0.859. The van der Waals surface area contributed by atoms with Gasteiger partial charge in [-0.25, -0.2) is 4.79 Å². The van der Waals surface area contributed by atoms with Crippen LogP contribution in [0.25, 0.3) is 0 Å². The van der Waals surface area contributed by atoms with E-state index in [1.807, 2.05) is 6.92 Å². The Morgan fingerprint density at radius 3 is 2.50 bits per heavy atom. The molecule has 0 fully saturated rings. The van der Waals surface area contributed by atoms with E-state index in [1.54, 1.807) is 30.3 Å². The summed E-state index contributed by atoms with van der Waals surface area (Å²) in [6.07, 6.45) is 0.664. The van der Waals surface area contributed by atoms with E-state index in [1.165, 1.54) is 6.07 Å². The van der Waals surface area contributed by atoms with Crippen molar-refractivity contribution in [2.45, 2.75) is 13.3 Å².